The molecule has 0 aliphatic heterocycles. The van der Waals surface area contributed by atoms with Gasteiger partial charge in [-0.1, -0.05) is 32.3 Å². The van der Waals surface area contributed by atoms with E-state index in [4.69, 9.17) is 9.47 Å². The van der Waals surface area contributed by atoms with Gasteiger partial charge in [-0.15, -0.1) is 11.3 Å². The van der Waals surface area contributed by atoms with Gasteiger partial charge in [-0.25, -0.2) is 13.4 Å². The summed E-state index contributed by atoms with van der Waals surface area (Å²) in [6, 6.07) is 11.4. The minimum atomic E-state index is -3.75. The number of carbonyl (C=O) groups excluding carboxylic acids is 1. The van der Waals surface area contributed by atoms with Gasteiger partial charge in [-0.2, -0.15) is 0 Å². The van der Waals surface area contributed by atoms with E-state index in [0.29, 0.717) is 23.8 Å². The molecule has 2 aromatic carbocycles. The molecule has 2 N–H and O–H groups in total. The Morgan fingerprint density at radius 3 is 2.57 bits per heavy atom. The van der Waals surface area contributed by atoms with E-state index >= 15 is 0 Å². The number of ether oxygens (including phenoxy) is 2. The highest BCUT2D eigenvalue weighted by Gasteiger charge is 2.15. The fourth-order valence-electron chi connectivity index (χ4n) is 3.14. The lowest BCUT2D eigenvalue weighted by atomic mass is 10.2. The molecule has 0 fully saturated rings. The average Bonchev–Trinajstić information content (AvgIpc) is 3.35. The minimum absolute atomic E-state index is 0.0704. The topological polar surface area (TPSA) is 107 Å². The Morgan fingerprint density at radius 2 is 1.89 bits per heavy atom. The van der Waals surface area contributed by atoms with E-state index in [2.05, 4.69) is 21.9 Å². The molecule has 0 atom stereocenters. The number of hydrogen-bond donors (Lipinski definition) is 2. The summed E-state index contributed by atoms with van der Waals surface area (Å²) in [6.45, 7) is 2.80. The van der Waals surface area contributed by atoms with Crippen molar-refractivity contribution in [2.75, 3.05) is 23.8 Å². The molecule has 1 heterocycles. The lowest BCUT2D eigenvalue weighted by Gasteiger charge is -2.11. The molecule has 0 bridgehead atoms. The van der Waals surface area contributed by atoms with Crippen molar-refractivity contribution in [3.05, 3.63) is 65.7 Å². The third-order valence-corrected chi connectivity index (χ3v) is 7.13. The highest BCUT2D eigenvalue weighted by molar-refractivity contribution is 7.93. The number of rotatable bonds is 13. The van der Waals surface area contributed by atoms with Gasteiger partial charge in [0, 0.05) is 23.3 Å². The number of carbonyl (C=O) groups is 1. The van der Waals surface area contributed by atoms with Gasteiger partial charge in [-0.3, -0.25) is 9.52 Å². The second kappa shape index (κ2) is 12.9. The van der Waals surface area contributed by atoms with E-state index < -0.39 is 10.0 Å². The molecule has 35 heavy (non-hydrogen) atoms. The highest BCUT2D eigenvalue weighted by Crippen LogP contribution is 2.29. The Hall–Kier alpha value is -3.37. The monoisotopic (exact) mass is 515 g/mol. The zero-order valence-corrected chi connectivity index (χ0v) is 21.3. The van der Waals surface area contributed by atoms with Crippen LogP contribution in [0, 0.1) is 0 Å². The molecule has 186 valence electrons. The van der Waals surface area contributed by atoms with Crippen molar-refractivity contribution >= 4 is 44.2 Å². The van der Waals surface area contributed by atoms with Gasteiger partial charge >= 0.3 is 0 Å². The summed E-state index contributed by atoms with van der Waals surface area (Å²) < 4.78 is 38.5. The first kappa shape index (κ1) is 26.2. The first-order valence-electron chi connectivity index (χ1n) is 11.2. The molecule has 10 heteroatoms. The highest BCUT2D eigenvalue weighted by atomic mass is 32.2. The summed E-state index contributed by atoms with van der Waals surface area (Å²) in [4.78, 5) is 16.3. The van der Waals surface area contributed by atoms with Crippen LogP contribution >= 0.6 is 11.3 Å². The van der Waals surface area contributed by atoms with E-state index in [1.54, 1.807) is 24.6 Å². The Bertz CT molecular complexity index is 1220. The standard InChI is InChI=1S/C25H29N3O5S2/c1-3-4-5-6-16-33-22-13-7-19(18-23(22)32-2)8-14-24(29)27-20-9-11-21(12-10-20)35(30,31)28-25-26-15-17-34-25/h7-15,17-18H,3-6,16H2,1-2H3,(H,26,28)(H,27,29)/b14-8+. The van der Waals surface area contributed by atoms with Gasteiger partial charge in [0.1, 0.15) is 0 Å². The predicted octanol–water partition coefficient (Wildman–Crippen LogP) is 5.56. The van der Waals surface area contributed by atoms with Crippen LogP contribution in [0.25, 0.3) is 6.08 Å². The van der Waals surface area contributed by atoms with Crippen LogP contribution in [0.4, 0.5) is 10.8 Å². The number of thiazole rings is 1. The maximum Gasteiger partial charge on any atom is 0.263 e. The lowest BCUT2D eigenvalue weighted by Crippen LogP contribution is -2.13. The van der Waals surface area contributed by atoms with Crippen molar-refractivity contribution in [1.82, 2.24) is 4.98 Å². The number of sulfonamides is 1. The molecule has 8 nitrogen and oxygen atoms in total. The van der Waals surface area contributed by atoms with Crippen LogP contribution in [0.5, 0.6) is 11.5 Å². The third kappa shape index (κ3) is 8.11. The number of benzene rings is 2. The number of unbranched alkanes of at least 4 members (excludes halogenated alkanes) is 3. The summed E-state index contributed by atoms with van der Waals surface area (Å²) in [6.07, 6.45) is 9.08. The summed E-state index contributed by atoms with van der Waals surface area (Å²) in [7, 11) is -2.17. The molecular formula is C25H29N3O5S2. The molecule has 0 spiro atoms. The van der Waals surface area contributed by atoms with Crippen LogP contribution in [0.1, 0.15) is 38.2 Å². The normalized spacial score (nSPS) is 11.4. The third-order valence-electron chi connectivity index (χ3n) is 4.96. The van der Waals surface area contributed by atoms with Gasteiger partial charge in [-0.05, 0) is 54.5 Å². The van der Waals surface area contributed by atoms with Crippen molar-refractivity contribution in [2.24, 2.45) is 0 Å². The zero-order valence-electron chi connectivity index (χ0n) is 19.7. The molecule has 3 aromatic rings. The largest absolute Gasteiger partial charge is 0.493 e. The van der Waals surface area contributed by atoms with Crippen LogP contribution in [0.3, 0.4) is 0 Å². The number of methoxy groups -OCH3 is 1. The van der Waals surface area contributed by atoms with E-state index in [1.807, 2.05) is 12.1 Å². The first-order chi connectivity index (χ1) is 16.9. The van der Waals surface area contributed by atoms with Crippen molar-refractivity contribution < 1.29 is 22.7 Å². The average molecular weight is 516 g/mol. The summed E-state index contributed by atoms with van der Waals surface area (Å²) in [5.41, 5.74) is 1.25. The number of nitrogens with zero attached hydrogens (tertiary/aromatic N) is 1. The fourth-order valence-corrected chi connectivity index (χ4v) is 4.93. The Morgan fingerprint density at radius 1 is 1.09 bits per heavy atom. The number of nitrogens with one attached hydrogen (secondary N) is 2. The van der Waals surface area contributed by atoms with Gasteiger partial charge in [0.25, 0.3) is 10.0 Å². The quantitative estimate of drug-likeness (QED) is 0.228. The minimum Gasteiger partial charge on any atom is -0.493 e. The van der Waals surface area contributed by atoms with E-state index in [1.165, 1.54) is 60.7 Å². The SMILES string of the molecule is CCCCCCOc1ccc(/C=C/C(=O)Nc2ccc(S(=O)(=O)Nc3nccs3)cc2)cc1OC. The lowest BCUT2D eigenvalue weighted by molar-refractivity contribution is -0.111. The number of amides is 1. The van der Waals surface area contributed by atoms with Crippen LogP contribution in [-0.2, 0) is 14.8 Å². The van der Waals surface area contributed by atoms with Crippen molar-refractivity contribution in [3.63, 3.8) is 0 Å². The van der Waals surface area contributed by atoms with E-state index in [-0.39, 0.29) is 15.9 Å². The Kier molecular flexibility index (Phi) is 9.68. The van der Waals surface area contributed by atoms with Crippen molar-refractivity contribution in [2.45, 2.75) is 37.5 Å². The van der Waals surface area contributed by atoms with Gasteiger partial charge in [0.15, 0.2) is 16.6 Å². The zero-order chi connectivity index (χ0) is 25.1. The molecular weight excluding hydrogens is 486 g/mol. The predicted molar refractivity (Wildman–Crippen MR) is 140 cm³/mol. The van der Waals surface area contributed by atoms with Crippen LogP contribution in [0.15, 0.2) is 65.0 Å². The van der Waals surface area contributed by atoms with Crippen molar-refractivity contribution in [1.29, 1.82) is 0 Å². The van der Waals surface area contributed by atoms with Crippen LogP contribution < -0.4 is 19.5 Å². The molecule has 0 aliphatic rings. The Labute approximate surface area is 210 Å². The van der Waals surface area contributed by atoms with E-state index in [0.717, 1.165) is 18.4 Å². The Balaban J connectivity index is 1.56. The van der Waals surface area contributed by atoms with Gasteiger partial charge < -0.3 is 14.8 Å². The fraction of sp³-hybridized carbons (Fsp3) is 0.280. The second-order valence-corrected chi connectivity index (χ2v) is 10.2. The first-order valence-corrected chi connectivity index (χ1v) is 13.6. The molecule has 1 aromatic heterocycles. The second-order valence-electron chi connectivity index (χ2n) is 7.61. The molecule has 0 unspecified atom stereocenters. The number of anilines is 2. The van der Waals surface area contributed by atoms with E-state index in [9.17, 15) is 13.2 Å². The number of aromatic nitrogens is 1. The van der Waals surface area contributed by atoms with Crippen molar-refractivity contribution in [3.8, 4) is 11.5 Å². The molecule has 0 radical (unpaired) electrons. The summed E-state index contributed by atoms with van der Waals surface area (Å²) in [5, 5.41) is 4.68. The maximum atomic E-state index is 12.4. The molecule has 0 saturated carbocycles. The molecule has 0 saturated heterocycles. The molecule has 0 aliphatic carbocycles. The van der Waals surface area contributed by atoms with Crippen LogP contribution in [-0.4, -0.2) is 33.0 Å². The van der Waals surface area contributed by atoms with Gasteiger partial charge in [0.05, 0.1) is 18.6 Å². The summed E-state index contributed by atoms with van der Waals surface area (Å²) in [5.74, 6) is 0.924. The number of hydrogen-bond acceptors (Lipinski definition) is 7. The van der Waals surface area contributed by atoms with Crippen LogP contribution in [0.2, 0.25) is 0 Å². The molecule has 1 amide bonds. The maximum absolute atomic E-state index is 12.4. The van der Waals surface area contributed by atoms with Gasteiger partial charge in [0.2, 0.25) is 5.91 Å². The summed E-state index contributed by atoms with van der Waals surface area (Å²) >= 11 is 1.19. The smallest absolute Gasteiger partial charge is 0.263 e. The molecule has 3 rings (SSSR count).